The third-order valence-electron chi connectivity index (χ3n) is 4.50. The molecule has 0 aromatic rings. The average molecular weight is 224 g/mol. The van der Waals surface area contributed by atoms with Crippen molar-refractivity contribution in [1.82, 2.24) is 10.2 Å². The van der Waals surface area contributed by atoms with Gasteiger partial charge in [-0.05, 0) is 26.2 Å². The molecule has 0 aromatic carbocycles. The van der Waals surface area contributed by atoms with Crippen LogP contribution in [0.3, 0.4) is 0 Å². The number of hydrogen-bond donors (Lipinski definition) is 1. The highest BCUT2D eigenvalue weighted by Crippen LogP contribution is 2.30. The Kier molecular flexibility index (Phi) is 4.57. The minimum atomic E-state index is 0.275. The zero-order chi connectivity index (χ0) is 12.2. The lowest BCUT2D eigenvalue weighted by molar-refractivity contribution is 0.0117. The second-order valence-corrected chi connectivity index (χ2v) is 5.37. The van der Waals surface area contributed by atoms with Crippen molar-refractivity contribution < 1.29 is 0 Å². The largest absolute Gasteiger partial charge is 0.308 e. The lowest BCUT2D eigenvalue weighted by atomic mass is 9.82. The molecular weight excluding hydrogens is 196 g/mol. The molecule has 16 heavy (non-hydrogen) atoms. The van der Waals surface area contributed by atoms with Crippen LogP contribution in [0.5, 0.6) is 0 Å². The van der Waals surface area contributed by atoms with Crippen LogP contribution >= 0.6 is 0 Å². The molecule has 1 unspecified atom stereocenters. The van der Waals surface area contributed by atoms with Crippen LogP contribution in [0.1, 0.15) is 47.0 Å². The second-order valence-electron chi connectivity index (χ2n) is 5.37. The fourth-order valence-corrected chi connectivity index (χ4v) is 2.73. The normalized spacial score (nSPS) is 30.2. The molecule has 0 bridgehead atoms. The number of nitrogens with zero attached hydrogens (tertiary/aromatic N) is 1. The van der Waals surface area contributed by atoms with Gasteiger partial charge in [0, 0.05) is 30.7 Å². The van der Waals surface area contributed by atoms with E-state index < -0.39 is 0 Å². The molecule has 1 heterocycles. The van der Waals surface area contributed by atoms with Crippen molar-refractivity contribution >= 4 is 0 Å². The Labute approximate surface area is 101 Å². The van der Waals surface area contributed by atoms with Gasteiger partial charge in [0.25, 0.3) is 0 Å². The zero-order valence-electron chi connectivity index (χ0n) is 11.5. The first-order valence-electron chi connectivity index (χ1n) is 6.67. The molecule has 2 heteroatoms. The first kappa shape index (κ1) is 13.7. The molecule has 0 saturated carbocycles. The topological polar surface area (TPSA) is 15.3 Å². The summed E-state index contributed by atoms with van der Waals surface area (Å²) in [5.74, 6) is 0. The Morgan fingerprint density at radius 3 is 2.31 bits per heavy atom. The van der Waals surface area contributed by atoms with E-state index in [9.17, 15) is 0 Å². The molecule has 1 atom stereocenters. The summed E-state index contributed by atoms with van der Waals surface area (Å²) in [6.45, 7) is 16.4. The summed E-state index contributed by atoms with van der Waals surface area (Å²) in [4.78, 5) is 2.62. The van der Waals surface area contributed by atoms with Gasteiger partial charge in [0.05, 0.1) is 0 Å². The van der Waals surface area contributed by atoms with Gasteiger partial charge in [0.2, 0.25) is 0 Å². The molecule has 1 saturated heterocycles. The molecular formula is C14H28N2. The van der Waals surface area contributed by atoms with E-state index in [2.05, 4.69) is 44.5 Å². The van der Waals surface area contributed by atoms with Crippen molar-refractivity contribution in [2.24, 2.45) is 0 Å². The summed E-state index contributed by atoms with van der Waals surface area (Å²) >= 11 is 0. The van der Waals surface area contributed by atoms with E-state index in [1.807, 2.05) is 6.08 Å². The molecule has 94 valence electrons. The lowest BCUT2D eigenvalue weighted by Crippen LogP contribution is -2.68. The lowest BCUT2D eigenvalue weighted by Gasteiger charge is -2.53. The summed E-state index contributed by atoms with van der Waals surface area (Å²) in [6, 6.07) is 0. The van der Waals surface area contributed by atoms with Crippen LogP contribution in [0.25, 0.3) is 0 Å². The van der Waals surface area contributed by atoms with Crippen molar-refractivity contribution in [3.8, 4) is 0 Å². The molecule has 0 aromatic heterocycles. The summed E-state index contributed by atoms with van der Waals surface area (Å²) < 4.78 is 0. The third-order valence-corrected chi connectivity index (χ3v) is 4.50. The molecule has 1 N–H and O–H groups in total. The highest BCUT2D eigenvalue weighted by molar-refractivity contribution is 5.03. The van der Waals surface area contributed by atoms with E-state index in [0.717, 1.165) is 19.6 Å². The van der Waals surface area contributed by atoms with Crippen LogP contribution in [-0.2, 0) is 0 Å². The van der Waals surface area contributed by atoms with Crippen LogP contribution in [0.15, 0.2) is 12.7 Å². The van der Waals surface area contributed by atoms with E-state index in [0.29, 0.717) is 5.54 Å². The van der Waals surface area contributed by atoms with Gasteiger partial charge in [-0.3, -0.25) is 4.90 Å². The first-order chi connectivity index (χ1) is 7.55. The van der Waals surface area contributed by atoms with E-state index in [4.69, 9.17) is 0 Å². The Morgan fingerprint density at radius 1 is 1.25 bits per heavy atom. The minimum absolute atomic E-state index is 0.275. The highest BCUT2D eigenvalue weighted by atomic mass is 15.3. The van der Waals surface area contributed by atoms with Gasteiger partial charge in [-0.25, -0.2) is 0 Å². The molecule has 0 radical (unpaired) electrons. The summed E-state index contributed by atoms with van der Waals surface area (Å²) in [6.07, 6.45) is 5.65. The first-order valence-corrected chi connectivity index (χ1v) is 6.67. The smallest absolute Gasteiger partial charge is 0.0333 e. The van der Waals surface area contributed by atoms with Gasteiger partial charge in [0.1, 0.15) is 0 Å². The molecule has 2 nitrogen and oxygen atoms in total. The number of piperazine rings is 1. The van der Waals surface area contributed by atoms with Crippen LogP contribution < -0.4 is 5.32 Å². The Bertz CT molecular complexity index is 233. The number of hydrogen-bond acceptors (Lipinski definition) is 2. The Balaban J connectivity index is 2.85. The summed E-state index contributed by atoms with van der Waals surface area (Å²) in [5, 5.41) is 3.75. The van der Waals surface area contributed by atoms with E-state index in [1.54, 1.807) is 0 Å². The molecule has 1 aliphatic heterocycles. The van der Waals surface area contributed by atoms with Gasteiger partial charge in [0.15, 0.2) is 0 Å². The number of nitrogens with one attached hydrogen (secondary N) is 1. The molecule has 1 aliphatic rings. The predicted molar refractivity (Wildman–Crippen MR) is 71.8 cm³/mol. The van der Waals surface area contributed by atoms with Crippen molar-refractivity contribution in [2.75, 3.05) is 19.6 Å². The molecule has 1 rings (SSSR count). The zero-order valence-corrected chi connectivity index (χ0v) is 11.5. The third kappa shape index (κ3) is 2.49. The van der Waals surface area contributed by atoms with Crippen molar-refractivity contribution in [1.29, 1.82) is 0 Å². The standard InChI is InChI=1S/C14H28N2/c1-6-10-16-12-13(5,7-2)15-11-14(16,8-3)9-4/h6,15H,1,7-12H2,2-5H3. The minimum Gasteiger partial charge on any atom is -0.308 e. The van der Waals surface area contributed by atoms with E-state index in [-0.39, 0.29) is 5.54 Å². The van der Waals surface area contributed by atoms with Gasteiger partial charge in [-0.1, -0.05) is 26.8 Å². The van der Waals surface area contributed by atoms with Gasteiger partial charge in [-0.2, -0.15) is 0 Å². The number of rotatable bonds is 5. The van der Waals surface area contributed by atoms with Crippen LogP contribution in [0.2, 0.25) is 0 Å². The van der Waals surface area contributed by atoms with Gasteiger partial charge < -0.3 is 5.32 Å². The van der Waals surface area contributed by atoms with Crippen LogP contribution in [-0.4, -0.2) is 35.6 Å². The summed E-state index contributed by atoms with van der Waals surface area (Å²) in [7, 11) is 0. The highest BCUT2D eigenvalue weighted by Gasteiger charge is 2.42. The molecule has 0 spiro atoms. The van der Waals surface area contributed by atoms with Crippen LogP contribution in [0.4, 0.5) is 0 Å². The fraction of sp³-hybridized carbons (Fsp3) is 0.857. The van der Waals surface area contributed by atoms with Crippen molar-refractivity contribution in [3.63, 3.8) is 0 Å². The maximum Gasteiger partial charge on any atom is 0.0333 e. The van der Waals surface area contributed by atoms with Crippen molar-refractivity contribution in [2.45, 2.75) is 58.0 Å². The second kappa shape index (κ2) is 5.33. The molecule has 0 aliphatic carbocycles. The monoisotopic (exact) mass is 224 g/mol. The van der Waals surface area contributed by atoms with Crippen molar-refractivity contribution in [3.05, 3.63) is 12.7 Å². The van der Waals surface area contributed by atoms with Gasteiger partial charge in [-0.15, -0.1) is 6.58 Å². The van der Waals surface area contributed by atoms with E-state index >= 15 is 0 Å². The Morgan fingerprint density at radius 2 is 1.88 bits per heavy atom. The average Bonchev–Trinajstić information content (AvgIpc) is 2.31. The quantitative estimate of drug-likeness (QED) is 0.722. The maximum atomic E-state index is 3.90. The SMILES string of the molecule is C=CCN1CC(C)(CC)NCC1(CC)CC. The van der Waals surface area contributed by atoms with Crippen LogP contribution in [0, 0.1) is 0 Å². The molecule has 1 fully saturated rings. The predicted octanol–water partition coefficient (Wildman–Crippen LogP) is 2.81. The van der Waals surface area contributed by atoms with E-state index in [1.165, 1.54) is 19.3 Å². The fourth-order valence-electron chi connectivity index (χ4n) is 2.73. The Hall–Kier alpha value is -0.340. The molecule has 0 amide bonds. The van der Waals surface area contributed by atoms with Gasteiger partial charge >= 0.3 is 0 Å². The maximum absolute atomic E-state index is 3.90. The summed E-state index contributed by atoms with van der Waals surface area (Å²) in [5.41, 5.74) is 0.611.